The Morgan fingerprint density at radius 2 is 1.42 bits per heavy atom. The molecule has 0 aliphatic carbocycles. The predicted molar refractivity (Wildman–Crippen MR) is 71.7 cm³/mol. The van der Waals surface area contributed by atoms with Crippen molar-refractivity contribution in [3.63, 3.8) is 0 Å². The van der Waals surface area contributed by atoms with E-state index in [1.165, 1.54) is 12.1 Å². The molecule has 1 aliphatic heterocycles. The Kier molecular flexibility index (Phi) is 3.95. The van der Waals surface area contributed by atoms with Crippen molar-refractivity contribution in [3.8, 4) is 11.5 Å². The van der Waals surface area contributed by atoms with Gasteiger partial charge in [-0.05, 0) is 42.0 Å². The predicted octanol–water partition coefficient (Wildman–Crippen LogP) is 5.59. The smallest absolute Gasteiger partial charge is 0.416 e. The maximum Gasteiger partial charge on any atom is 0.416 e. The number of benzene rings is 2. The van der Waals surface area contributed by atoms with Crippen LogP contribution in [0.3, 0.4) is 0 Å². The van der Waals surface area contributed by atoms with Crippen molar-refractivity contribution < 1.29 is 35.8 Å². The fraction of sp³-hybridized carbons (Fsp3) is 0.250. The fourth-order valence-electron chi connectivity index (χ4n) is 2.20. The molecule has 0 aromatic heterocycles. The molecule has 0 saturated carbocycles. The van der Waals surface area contributed by atoms with E-state index in [1.54, 1.807) is 0 Å². The van der Waals surface area contributed by atoms with Gasteiger partial charge in [0.1, 0.15) is 17.6 Å². The third-order valence-corrected chi connectivity index (χ3v) is 3.43. The molecule has 0 spiro atoms. The molecule has 1 aliphatic rings. The number of rotatable bonds is 3. The van der Waals surface area contributed by atoms with Crippen LogP contribution in [0.2, 0.25) is 0 Å². The van der Waals surface area contributed by atoms with Crippen LogP contribution in [0, 0.1) is 0 Å². The first kappa shape index (κ1) is 16.6. The van der Waals surface area contributed by atoms with Crippen molar-refractivity contribution in [1.29, 1.82) is 0 Å². The molecule has 24 heavy (non-hydrogen) atoms. The molecular formula is C16H10F6O2. The molecule has 1 heterocycles. The quantitative estimate of drug-likeness (QED) is 0.533. The summed E-state index contributed by atoms with van der Waals surface area (Å²) in [6.45, 7) is 0.224. The van der Waals surface area contributed by atoms with Gasteiger partial charge >= 0.3 is 12.4 Å². The zero-order valence-electron chi connectivity index (χ0n) is 11.9. The van der Waals surface area contributed by atoms with Crippen LogP contribution >= 0.6 is 0 Å². The second-order valence-electron chi connectivity index (χ2n) is 5.19. The van der Waals surface area contributed by atoms with Crippen molar-refractivity contribution in [2.45, 2.75) is 18.5 Å². The third kappa shape index (κ3) is 3.64. The van der Waals surface area contributed by atoms with E-state index in [1.807, 2.05) is 0 Å². The van der Waals surface area contributed by atoms with Crippen LogP contribution in [0.15, 0.2) is 42.5 Å². The Balaban J connectivity index is 1.85. The lowest BCUT2D eigenvalue weighted by molar-refractivity contribution is -0.139. The summed E-state index contributed by atoms with van der Waals surface area (Å²) in [6, 6.07) is 7.08. The minimum atomic E-state index is -4.58. The summed E-state index contributed by atoms with van der Waals surface area (Å²) in [7, 11) is 0. The topological polar surface area (TPSA) is 21.8 Å². The molecule has 1 unspecified atom stereocenters. The molecule has 0 radical (unpaired) electrons. The van der Waals surface area contributed by atoms with Gasteiger partial charge in [0.2, 0.25) is 0 Å². The van der Waals surface area contributed by atoms with Crippen molar-refractivity contribution in [3.05, 3.63) is 59.2 Å². The summed E-state index contributed by atoms with van der Waals surface area (Å²) >= 11 is 0. The van der Waals surface area contributed by atoms with Gasteiger partial charge in [-0.25, -0.2) is 0 Å². The number of alkyl halides is 6. The molecule has 0 bridgehead atoms. The average molecular weight is 348 g/mol. The van der Waals surface area contributed by atoms with Crippen LogP contribution in [0.25, 0.3) is 0 Å². The summed E-state index contributed by atoms with van der Waals surface area (Å²) < 4.78 is 86.9. The first-order chi connectivity index (χ1) is 11.1. The SMILES string of the molecule is FC(F)(F)c1ccc(Oc2ccc(C3CO3)c(C(F)(F)F)c2)cc1. The molecule has 8 heteroatoms. The van der Waals surface area contributed by atoms with Crippen LogP contribution in [0.4, 0.5) is 26.3 Å². The second-order valence-corrected chi connectivity index (χ2v) is 5.19. The molecule has 2 nitrogen and oxygen atoms in total. The van der Waals surface area contributed by atoms with Crippen LogP contribution in [0.1, 0.15) is 22.8 Å². The lowest BCUT2D eigenvalue weighted by atomic mass is 10.0. The highest BCUT2D eigenvalue weighted by Crippen LogP contribution is 2.42. The van der Waals surface area contributed by atoms with Gasteiger partial charge in [0.05, 0.1) is 17.7 Å². The molecule has 1 fully saturated rings. The van der Waals surface area contributed by atoms with Crippen LogP contribution in [-0.4, -0.2) is 6.61 Å². The van der Waals surface area contributed by atoms with Crippen LogP contribution in [0.5, 0.6) is 11.5 Å². The zero-order chi connectivity index (χ0) is 17.5. The molecule has 128 valence electrons. The maximum absolute atomic E-state index is 13.1. The Labute approximate surface area is 132 Å². The molecular weight excluding hydrogens is 338 g/mol. The number of ether oxygens (including phenoxy) is 2. The van der Waals surface area contributed by atoms with Crippen molar-refractivity contribution >= 4 is 0 Å². The van der Waals surface area contributed by atoms with Crippen LogP contribution < -0.4 is 4.74 Å². The highest BCUT2D eigenvalue weighted by molar-refractivity contribution is 5.42. The third-order valence-electron chi connectivity index (χ3n) is 3.43. The van der Waals surface area contributed by atoms with Gasteiger partial charge in [-0.3, -0.25) is 0 Å². The molecule has 0 N–H and O–H groups in total. The lowest BCUT2D eigenvalue weighted by Crippen LogP contribution is -2.09. The minimum Gasteiger partial charge on any atom is -0.457 e. The van der Waals surface area contributed by atoms with Crippen LogP contribution in [-0.2, 0) is 17.1 Å². The lowest BCUT2D eigenvalue weighted by Gasteiger charge is -2.14. The Hall–Kier alpha value is -2.22. The van der Waals surface area contributed by atoms with Crippen molar-refractivity contribution in [2.75, 3.05) is 6.61 Å². The van der Waals surface area contributed by atoms with E-state index < -0.39 is 29.6 Å². The van der Waals surface area contributed by atoms with E-state index in [0.717, 1.165) is 30.3 Å². The largest absolute Gasteiger partial charge is 0.457 e. The first-order valence-corrected chi connectivity index (χ1v) is 6.82. The van der Waals surface area contributed by atoms with Gasteiger partial charge < -0.3 is 9.47 Å². The van der Waals surface area contributed by atoms with E-state index in [4.69, 9.17) is 9.47 Å². The number of halogens is 6. The van der Waals surface area contributed by atoms with E-state index in [-0.39, 0.29) is 23.7 Å². The average Bonchev–Trinajstić information content (AvgIpc) is 3.30. The number of epoxide rings is 1. The summed E-state index contributed by atoms with van der Waals surface area (Å²) in [4.78, 5) is 0. The monoisotopic (exact) mass is 348 g/mol. The van der Waals surface area contributed by atoms with Gasteiger partial charge in [0.15, 0.2) is 0 Å². The molecule has 2 aromatic carbocycles. The van der Waals surface area contributed by atoms with Gasteiger partial charge in [-0.2, -0.15) is 26.3 Å². The Morgan fingerprint density at radius 1 is 0.833 bits per heavy atom. The summed E-state index contributed by atoms with van der Waals surface area (Å²) in [5, 5.41) is 0. The Bertz CT molecular complexity index is 730. The maximum atomic E-state index is 13.1. The van der Waals surface area contributed by atoms with Gasteiger partial charge in [0, 0.05) is 0 Å². The molecule has 1 atom stereocenters. The van der Waals surface area contributed by atoms with Crippen molar-refractivity contribution in [1.82, 2.24) is 0 Å². The van der Waals surface area contributed by atoms with Crippen molar-refractivity contribution in [2.24, 2.45) is 0 Å². The summed E-state index contributed by atoms with van der Waals surface area (Å²) in [5.41, 5.74) is -1.73. The molecule has 3 rings (SSSR count). The van der Waals surface area contributed by atoms with E-state index in [0.29, 0.717) is 0 Å². The van der Waals surface area contributed by atoms with E-state index >= 15 is 0 Å². The molecule has 0 amide bonds. The Morgan fingerprint density at radius 3 is 1.92 bits per heavy atom. The van der Waals surface area contributed by atoms with Gasteiger partial charge in [0.25, 0.3) is 0 Å². The molecule has 1 saturated heterocycles. The number of hydrogen-bond donors (Lipinski definition) is 0. The van der Waals surface area contributed by atoms with E-state index in [9.17, 15) is 26.3 Å². The standard InChI is InChI=1S/C16H10F6O2/c17-15(18,19)9-1-3-10(4-2-9)24-11-5-6-12(14-8-23-14)13(7-11)16(20,21)22/h1-7,14H,8H2. The fourth-order valence-corrected chi connectivity index (χ4v) is 2.20. The highest BCUT2D eigenvalue weighted by atomic mass is 19.4. The molecule has 2 aromatic rings. The first-order valence-electron chi connectivity index (χ1n) is 6.82. The summed E-state index contributed by atoms with van der Waals surface area (Å²) in [6.07, 6.45) is -9.66. The summed E-state index contributed by atoms with van der Waals surface area (Å²) in [5.74, 6) is -0.113. The highest BCUT2D eigenvalue weighted by Gasteiger charge is 2.39. The minimum absolute atomic E-state index is 0.00606. The van der Waals surface area contributed by atoms with Gasteiger partial charge in [-0.1, -0.05) is 6.07 Å². The second kappa shape index (κ2) is 5.70. The zero-order valence-corrected chi connectivity index (χ0v) is 11.9. The normalized spacial score (nSPS) is 17.7. The van der Waals surface area contributed by atoms with Gasteiger partial charge in [-0.15, -0.1) is 0 Å². The number of hydrogen-bond acceptors (Lipinski definition) is 2. The van der Waals surface area contributed by atoms with E-state index in [2.05, 4.69) is 0 Å².